The highest BCUT2D eigenvalue weighted by atomic mass is 32.2. The maximum atomic E-state index is 12.9. The molecule has 0 bridgehead atoms. The van der Waals surface area contributed by atoms with Gasteiger partial charge in [0.1, 0.15) is 12.4 Å². The topological polar surface area (TPSA) is 153 Å². The minimum absolute atomic E-state index is 0.0795. The quantitative estimate of drug-likeness (QED) is 0.518. The van der Waals surface area contributed by atoms with Gasteiger partial charge in [-0.15, -0.1) is 0 Å². The zero-order valence-electron chi connectivity index (χ0n) is 16.0. The van der Waals surface area contributed by atoms with Crippen LogP contribution in [-0.2, 0) is 14.8 Å². The number of hydrogen-bond donors (Lipinski definition) is 2. The van der Waals surface area contributed by atoms with Crippen molar-refractivity contribution >= 4 is 16.0 Å². The second-order valence-electron chi connectivity index (χ2n) is 6.61. The van der Waals surface area contributed by atoms with Gasteiger partial charge in [-0.25, -0.2) is 18.2 Å². The van der Waals surface area contributed by atoms with Gasteiger partial charge in [0.15, 0.2) is 5.82 Å². The molecule has 0 aliphatic rings. The van der Waals surface area contributed by atoms with Gasteiger partial charge in [-0.3, -0.25) is 5.10 Å². The van der Waals surface area contributed by atoms with Crippen molar-refractivity contribution in [2.24, 2.45) is 5.92 Å². The van der Waals surface area contributed by atoms with Crippen LogP contribution < -0.4 is 4.72 Å². The molecule has 29 heavy (non-hydrogen) atoms. The number of ether oxygens (including phenoxy) is 1. The molecule has 1 aromatic carbocycles. The van der Waals surface area contributed by atoms with Gasteiger partial charge < -0.3 is 9.26 Å². The minimum atomic E-state index is -3.98. The summed E-state index contributed by atoms with van der Waals surface area (Å²) >= 11 is 0. The summed E-state index contributed by atoms with van der Waals surface area (Å²) in [5.74, 6) is 0.0620. The van der Waals surface area contributed by atoms with Crippen molar-refractivity contribution < 1.29 is 22.5 Å². The first-order valence-electron chi connectivity index (χ1n) is 8.70. The van der Waals surface area contributed by atoms with Crippen LogP contribution in [0.5, 0.6) is 0 Å². The van der Waals surface area contributed by atoms with Crippen LogP contribution in [0.4, 0.5) is 0 Å². The Morgan fingerprint density at radius 1 is 1.34 bits per heavy atom. The monoisotopic (exact) mass is 420 g/mol. The third kappa shape index (κ3) is 4.84. The molecule has 0 saturated carbocycles. The lowest BCUT2D eigenvalue weighted by Crippen LogP contribution is -2.30. The van der Waals surface area contributed by atoms with Gasteiger partial charge in [-0.05, 0) is 30.5 Å². The summed E-state index contributed by atoms with van der Waals surface area (Å²) in [5.41, 5.74) is 0.126. The van der Waals surface area contributed by atoms with Crippen LogP contribution in [0.15, 0.2) is 40.0 Å². The molecule has 0 aliphatic carbocycles. The molecule has 0 saturated heterocycles. The molecular formula is C17H20N6O5S. The number of esters is 1. The molecule has 2 aromatic heterocycles. The van der Waals surface area contributed by atoms with E-state index in [4.69, 9.17) is 4.52 Å². The summed E-state index contributed by atoms with van der Waals surface area (Å²) in [6, 6.07) is 4.79. The Morgan fingerprint density at radius 2 is 2.14 bits per heavy atom. The van der Waals surface area contributed by atoms with Crippen molar-refractivity contribution in [3.8, 4) is 11.6 Å². The van der Waals surface area contributed by atoms with Gasteiger partial charge in [0.25, 0.3) is 0 Å². The molecule has 1 unspecified atom stereocenters. The number of nitrogens with one attached hydrogen (secondary N) is 2. The van der Waals surface area contributed by atoms with Crippen molar-refractivity contribution in [1.82, 2.24) is 30.0 Å². The summed E-state index contributed by atoms with van der Waals surface area (Å²) < 4.78 is 38.3. The average Bonchev–Trinajstić information content (AvgIpc) is 3.38. The van der Waals surface area contributed by atoms with E-state index in [1.165, 1.54) is 37.7 Å². The molecule has 3 aromatic rings. The van der Waals surface area contributed by atoms with Crippen molar-refractivity contribution in [3.05, 3.63) is 42.0 Å². The second kappa shape index (κ2) is 8.49. The van der Waals surface area contributed by atoms with Crippen LogP contribution in [0.25, 0.3) is 11.6 Å². The third-order valence-corrected chi connectivity index (χ3v) is 5.41. The number of methoxy groups -OCH3 is 1. The normalized spacial score (nSPS) is 12.8. The highest BCUT2D eigenvalue weighted by Gasteiger charge is 2.28. The number of benzene rings is 1. The Hall–Kier alpha value is -3.12. The zero-order valence-corrected chi connectivity index (χ0v) is 16.8. The summed E-state index contributed by atoms with van der Waals surface area (Å²) in [4.78, 5) is 19.8. The Bertz CT molecular complexity index is 1080. The van der Waals surface area contributed by atoms with Crippen molar-refractivity contribution in [2.45, 2.75) is 31.2 Å². The lowest BCUT2D eigenvalue weighted by atomic mass is 10.0. The number of sulfonamides is 1. The van der Waals surface area contributed by atoms with Gasteiger partial charge in [0.2, 0.25) is 21.7 Å². The largest absolute Gasteiger partial charge is 0.465 e. The van der Waals surface area contributed by atoms with Crippen molar-refractivity contribution in [3.63, 3.8) is 0 Å². The lowest BCUT2D eigenvalue weighted by Gasteiger charge is -2.17. The molecule has 0 aliphatic heterocycles. The first kappa shape index (κ1) is 20.6. The van der Waals surface area contributed by atoms with E-state index in [9.17, 15) is 13.2 Å². The molecule has 0 fully saturated rings. The van der Waals surface area contributed by atoms with Gasteiger partial charge >= 0.3 is 5.97 Å². The number of aromatic nitrogens is 5. The summed E-state index contributed by atoms with van der Waals surface area (Å²) in [5, 5.41) is 10.2. The maximum Gasteiger partial charge on any atom is 0.337 e. The Labute approximate surface area is 166 Å². The Kier molecular flexibility index (Phi) is 6.03. The van der Waals surface area contributed by atoms with E-state index >= 15 is 0 Å². The maximum absolute atomic E-state index is 12.9. The Morgan fingerprint density at radius 3 is 2.79 bits per heavy atom. The van der Waals surface area contributed by atoms with Crippen LogP contribution in [-0.4, -0.2) is 46.8 Å². The molecule has 0 radical (unpaired) electrons. The van der Waals surface area contributed by atoms with E-state index in [-0.39, 0.29) is 28.1 Å². The molecule has 1 atom stereocenters. The van der Waals surface area contributed by atoms with E-state index in [0.717, 1.165) is 0 Å². The van der Waals surface area contributed by atoms with Gasteiger partial charge in [0, 0.05) is 0 Å². The molecule has 0 spiro atoms. The van der Waals surface area contributed by atoms with E-state index in [1.807, 2.05) is 13.8 Å². The van der Waals surface area contributed by atoms with E-state index in [2.05, 4.69) is 34.8 Å². The van der Waals surface area contributed by atoms with Gasteiger partial charge in [0.05, 0.1) is 17.6 Å². The standard InChI is InChI=1S/C17H20N6O5S/c1-10(2)7-13(16-20-15(22-28-16)14-18-9-19-21-14)23-29(25,26)12-6-4-5-11(8-12)17(24)27-3/h4-6,8-10,13,23H,7H2,1-3H3,(H,18,19,21). The summed E-state index contributed by atoms with van der Waals surface area (Å²) in [7, 11) is -2.76. The number of carbonyl (C=O) groups is 1. The van der Waals surface area contributed by atoms with Crippen LogP contribution in [0.1, 0.15) is 42.6 Å². The molecule has 12 heteroatoms. The lowest BCUT2D eigenvalue weighted by molar-refractivity contribution is 0.0600. The number of nitrogens with zero attached hydrogens (tertiary/aromatic N) is 4. The summed E-state index contributed by atoms with van der Waals surface area (Å²) in [6.07, 6.45) is 1.71. The number of hydrogen-bond acceptors (Lipinski definition) is 9. The van der Waals surface area contributed by atoms with Crippen LogP contribution >= 0.6 is 0 Å². The first-order chi connectivity index (χ1) is 13.8. The predicted octanol–water partition coefficient (Wildman–Crippen LogP) is 1.71. The van der Waals surface area contributed by atoms with Crippen LogP contribution in [0.3, 0.4) is 0 Å². The van der Waals surface area contributed by atoms with E-state index in [0.29, 0.717) is 12.2 Å². The molecular weight excluding hydrogens is 400 g/mol. The van der Waals surface area contributed by atoms with Crippen molar-refractivity contribution in [2.75, 3.05) is 7.11 Å². The number of carbonyl (C=O) groups excluding carboxylic acids is 1. The van der Waals surface area contributed by atoms with Crippen molar-refractivity contribution in [1.29, 1.82) is 0 Å². The zero-order chi connectivity index (χ0) is 21.0. The fourth-order valence-electron chi connectivity index (χ4n) is 2.62. The Balaban J connectivity index is 1.89. The number of rotatable bonds is 8. The van der Waals surface area contributed by atoms with Gasteiger partial charge in [-0.1, -0.05) is 25.1 Å². The molecule has 154 valence electrons. The smallest absolute Gasteiger partial charge is 0.337 e. The first-order valence-corrected chi connectivity index (χ1v) is 10.2. The SMILES string of the molecule is COC(=O)c1cccc(S(=O)(=O)NC(CC(C)C)c2nc(-c3ncn[nH]3)no2)c1. The number of aromatic amines is 1. The van der Waals surface area contributed by atoms with Gasteiger partial charge in [-0.2, -0.15) is 14.8 Å². The summed E-state index contributed by atoms with van der Waals surface area (Å²) in [6.45, 7) is 3.87. The van der Waals surface area contributed by atoms with E-state index in [1.54, 1.807) is 0 Å². The molecule has 0 amide bonds. The molecule has 3 rings (SSSR count). The molecule has 11 nitrogen and oxygen atoms in total. The molecule has 2 heterocycles. The fourth-order valence-corrected chi connectivity index (χ4v) is 3.87. The predicted molar refractivity (Wildman–Crippen MR) is 100.0 cm³/mol. The third-order valence-electron chi connectivity index (χ3n) is 3.94. The fraction of sp³-hybridized carbons (Fsp3) is 0.353. The highest BCUT2D eigenvalue weighted by Crippen LogP contribution is 2.24. The number of H-pyrrole nitrogens is 1. The second-order valence-corrected chi connectivity index (χ2v) is 8.33. The average molecular weight is 420 g/mol. The van der Waals surface area contributed by atoms with E-state index < -0.39 is 22.0 Å². The van der Waals surface area contributed by atoms with Crippen LogP contribution in [0, 0.1) is 5.92 Å². The minimum Gasteiger partial charge on any atom is -0.465 e. The molecule has 2 N–H and O–H groups in total. The van der Waals surface area contributed by atoms with Crippen LogP contribution in [0.2, 0.25) is 0 Å². The highest BCUT2D eigenvalue weighted by molar-refractivity contribution is 7.89.